The van der Waals surface area contributed by atoms with Crippen LogP contribution in [0.4, 0.5) is 5.69 Å². The Hall–Kier alpha value is -0.725. The molecule has 0 aromatic heterocycles. The lowest BCUT2D eigenvalue weighted by atomic mass is 10.1. The van der Waals surface area contributed by atoms with Gasteiger partial charge >= 0.3 is 0 Å². The standard InChI is InChI=1S/C15H28BN2/c1-9(2)17(10(3)4)14-13(16)15(14)18(11(5)6)12(7)8/h9-12H,1-8H3. The third-order valence-electron chi connectivity index (χ3n) is 3.41. The van der Waals surface area contributed by atoms with E-state index < -0.39 is 0 Å². The zero-order chi connectivity index (χ0) is 14.2. The van der Waals surface area contributed by atoms with Gasteiger partial charge in [0.05, 0.1) is 5.69 Å². The zero-order valence-electron chi connectivity index (χ0n) is 13.3. The monoisotopic (exact) mass is 247 g/mol. The second-order valence-corrected chi connectivity index (χ2v) is 6.30. The molecule has 1 aromatic rings. The molecule has 0 N–H and O–H groups in total. The second kappa shape index (κ2) is 5.50. The molecule has 101 valence electrons. The average molecular weight is 247 g/mol. The molecular weight excluding hydrogens is 219 g/mol. The van der Waals surface area contributed by atoms with Gasteiger partial charge in [-0.05, 0) is 55.4 Å². The van der Waals surface area contributed by atoms with E-state index in [1.807, 2.05) is 0 Å². The molecule has 3 radical (unpaired) electrons. The molecule has 0 spiro atoms. The van der Waals surface area contributed by atoms with Crippen molar-refractivity contribution in [1.82, 2.24) is 4.58 Å². The van der Waals surface area contributed by atoms with E-state index in [-0.39, 0.29) is 0 Å². The van der Waals surface area contributed by atoms with Crippen LogP contribution in [0.1, 0.15) is 55.4 Å². The van der Waals surface area contributed by atoms with Crippen LogP contribution in [0.5, 0.6) is 0 Å². The molecule has 0 saturated carbocycles. The summed E-state index contributed by atoms with van der Waals surface area (Å²) in [5.41, 5.74) is 2.25. The minimum absolute atomic E-state index is 0.484. The van der Waals surface area contributed by atoms with Gasteiger partial charge < -0.3 is 12.7 Å². The summed E-state index contributed by atoms with van der Waals surface area (Å²) in [5.74, 6) is 0. The summed E-state index contributed by atoms with van der Waals surface area (Å²) in [6.07, 6.45) is 0. The first-order valence-corrected chi connectivity index (χ1v) is 7.14. The minimum Gasteiger partial charge on any atom is -0.568 e. The van der Waals surface area contributed by atoms with E-state index in [9.17, 15) is 0 Å². The van der Waals surface area contributed by atoms with Crippen molar-refractivity contribution in [2.75, 3.05) is 4.90 Å². The minimum atomic E-state index is 0.484. The van der Waals surface area contributed by atoms with Crippen LogP contribution in [0.25, 0.3) is 0 Å². The van der Waals surface area contributed by atoms with Crippen molar-refractivity contribution in [2.45, 2.75) is 79.6 Å². The summed E-state index contributed by atoms with van der Waals surface area (Å²) < 4.78 is 2.42. The van der Waals surface area contributed by atoms with Crippen LogP contribution in [0.3, 0.4) is 0 Å². The van der Waals surface area contributed by atoms with Crippen molar-refractivity contribution in [1.29, 1.82) is 0 Å². The lowest BCUT2D eigenvalue weighted by Crippen LogP contribution is -2.41. The van der Waals surface area contributed by atoms with E-state index in [2.05, 4.69) is 64.9 Å². The Kier molecular flexibility index (Phi) is 4.69. The number of rotatable bonds is 5. The van der Waals surface area contributed by atoms with Gasteiger partial charge in [0.1, 0.15) is 12.1 Å². The highest BCUT2D eigenvalue weighted by molar-refractivity contribution is 6.40. The first-order chi connectivity index (χ1) is 8.20. The maximum absolute atomic E-state index is 6.22. The van der Waals surface area contributed by atoms with Gasteiger partial charge in [-0.3, -0.25) is 0 Å². The van der Waals surface area contributed by atoms with Crippen molar-refractivity contribution < 1.29 is 0 Å². The quantitative estimate of drug-likeness (QED) is 0.565. The second-order valence-electron chi connectivity index (χ2n) is 6.30. The number of anilines is 1. The molecule has 1 aromatic carbocycles. The Morgan fingerprint density at radius 2 is 1.22 bits per heavy atom. The van der Waals surface area contributed by atoms with Crippen molar-refractivity contribution in [3.8, 4) is 0 Å². The molecule has 0 fully saturated rings. The van der Waals surface area contributed by atoms with Crippen LogP contribution >= 0.6 is 0 Å². The Labute approximate surface area is 114 Å². The van der Waals surface area contributed by atoms with Crippen molar-refractivity contribution >= 4 is 19.0 Å². The van der Waals surface area contributed by atoms with Crippen LogP contribution < -0.4 is 20.3 Å². The van der Waals surface area contributed by atoms with E-state index in [4.69, 9.17) is 7.85 Å². The summed E-state index contributed by atoms with van der Waals surface area (Å²) >= 11 is 0. The van der Waals surface area contributed by atoms with Gasteiger partial charge in [0.25, 0.3) is 0 Å². The fraction of sp³-hybridized carbons (Fsp3) is 0.800. The zero-order valence-corrected chi connectivity index (χ0v) is 13.3. The SMILES string of the molecule is [B-]c1c(N(C(C)C)C(C)C)c1=[N+](C(C)C)C(C)C. The van der Waals surface area contributed by atoms with Gasteiger partial charge in [-0.1, -0.05) is 0 Å². The summed E-state index contributed by atoms with van der Waals surface area (Å²) in [6, 6.07) is 1.93. The van der Waals surface area contributed by atoms with Crippen molar-refractivity contribution in [3.63, 3.8) is 0 Å². The molecule has 2 nitrogen and oxygen atoms in total. The van der Waals surface area contributed by atoms with Crippen LogP contribution in [-0.4, -0.2) is 32.0 Å². The highest BCUT2D eigenvalue weighted by Crippen LogP contribution is 2.17. The van der Waals surface area contributed by atoms with Gasteiger partial charge in [0.2, 0.25) is 0 Å². The largest absolute Gasteiger partial charge is 0.568 e. The van der Waals surface area contributed by atoms with Crippen LogP contribution in [0, 0.1) is 0 Å². The Morgan fingerprint density at radius 3 is 1.50 bits per heavy atom. The summed E-state index contributed by atoms with van der Waals surface area (Å²) in [4.78, 5) is 2.42. The fourth-order valence-corrected chi connectivity index (χ4v) is 2.93. The van der Waals surface area contributed by atoms with Crippen LogP contribution in [-0.2, 0) is 0 Å². The topological polar surface area (TPSA) is 6.25 Å². The smallest absolute Gasteiger partial charge is 0.178 e. The molecule has 0 heterocycles. The predicted octanol–water partition coefficient (Wildman–Crippen LogP) is 1.57. The third kappa shape index (κ3) is 2.81. The average Bonchev–Trinajstić information content (AvgIpc) is 2.76. The molecule has 0 atom stereocenters. The molecular formula is C15H28BN2. The highest BCUT2D eigenvalue weighted by Gasteiger charge is 2.28. The van der Waals surface area contributed by atoms with E-state index in [1.54, 1.807) is 0 Å². The van der Waals surface area contributed by atoms with E-state index >= 15 is 0 Å². The molecule has 0 unspecified atom stereocenters. The first-order valence-electron chi connectivity index (χ1n) is 7.14. The lowest BCUT2D eigenvalue weighted by molar-refractivity contribution is 0.429. The van der Waals surface area contributed by atoms with Crippen molar-refractivity contribution in [3.05, 3.63) is 5.36 Å². The number of nitrogens with zero attached hydrogens (tertiary/aromatic N) is 2. The Balaban J connectivity index is 3.28. The summed E-state index contributed by atoms with van der Waals surface area (Å²) in [6.45, 7) is 17.8. The first kappa shape index (κ1) is 15.3. The predicted molar refractivity (Wildman–Crippen MR) is 82.5 cm³/mol. The van der Waals surface area contributed by atoms with E-state index in [0.717, 1.165) is 5.46 Å². The van der Waals surface area contributed by atoms with Gasteiger partial charge in [-0.15, -0.1) is 0 Å². The normalized spacial score (nSPS) is 12.5. The lowest BCUT2D eigenvalue weighted by Gasteiger charge is -2.30. The van der Waals surface area contributed by atoms with Gasteiger partial charge in [-0.25, -0.2) is 10.0 Å². The van der Waals surface area contributed by atoms with E-state index in [1.165, 1.54) is 11.0 Å². The van der Waals surface area contributed by atoms with Crippen LogP contribution in [0.15, 0.2) is 0 Å². The molecule has 0 bridgehead atoms. The summed E-state index contributed by atoms with van der Waals surface area (Å²) in [7, 11) is 6.22. The van der Waals surface area contributed by atoms with Gasteiger partial charge in [-0.2, -0.15) is 0 Å². The molecule has 0 aliphatic heterocycles. The maximum atomic E-state index is 6.22. The van der Waals surface area contributed by atoms with Crippen molar-refractivity contribution in [2.24, 2.45) is 0 Å². The molecule has 0 aliphatic carbocycles. The van der Waals surface area contributed by atoms with Crippen LogP contribution in [0.2, 0.25) is 0 Å². The Morgan fingerprint density at radius 1 is 0.833 bits per heavy atom. The Bertz CT molecular complexity index is 403. The number of hydrogen-bond donors (Lipinski definition) is 0. The molecule has 18 heavy (non-hydrogen) atoms. The fourth-order valence-electron chi connectivity index (χ4n) is 2.93. The molecule has 0 amide bonds. The molecule has 1 rings (SSSR count). The van der Waals surface area contributed by atoms with Gasteiger partial charge in [0.15, 0.2) is 5.36 Å². The number of hydrogen-bond acceptors (Lipinski definition) is 1. The molecule has 0 aliphatic rings. The third-order valence-corrected chi connectivity index (χ3v) is 3.41. The summed E-state index contributed by atoms with van der Waals surface area (Å²) in [5, 5.41) is 1.27. The molecule has 3 heteroatoms. The van der Waals surface area contributed by atoms with Gasteiger partial charge in [0, 0.05) is 12.1 Å². The molecule has 0 saturated heterocycles. The highest BCUT2D eigenvalue weighted by atomic mass is 15.2. The maximum Gasteiger partial charge on any atom is 0.178 e. The van der Waals surface area contributed by atoms with E-state index in [0.29, 0.717) is 24.2 Å².